The molecule has 0 saturated carbocycles. The molecule has 0 aliphatic heterocycles. The fourth-order valence-corrected chi connectivity index (χ4v) is 0.860. The maximum Gasteiger partial charge on any atom is 0.364 e. The summed E-state index contributed by atoms with van der Waals surface area (Å²) in [7, 11) is 1.41. The van der Waals surface area contributed by atoms with Crippen molar-refractivity contribution in [1.82, 2.24) is 14.3 Å². The molecule has 78 valence electrons. The summed E-state index contributed by atoms with van der Waals surface area (Å²) in [4.78, 5) is 22.0. The molecular weight excluding hydrogens is 193 g/mol. The van der Waals surface area contributed by atoms with Crippen LogP contribution in [0.15, 0.2) is 11.1 Å². The van der Waals surface area contributed by atoms with Crippen molar-refractivity contribution in [1.29, 1.82) is 0 Å². The average Bonchev–Trinajstić information content (AvgIpc) is 2.47. The highest BCUT2D eigenvalue weighted by atomic mass is 19.1. The minimum atomic E-state index is -2.18. The lowest BCUT2D eigenvalue weighted by atomic mass is 10.6. The number of ether oxygens (including phenoxy) is 1. The number of carbonyl (C=O) groups excluding carboxylic acids is 1. The van der Waals surface area contributed by atoms with E-state index < -0.39 is 18.0 Å². The second-order valence-electron chi connectivity index (χ2n) is 2.56. The maximum absolute atomic E-state index is 13.2. The molecule has 7 heteroatoms. The minimum absolute atomic E-state index is 0.0564. The lowest BCUT2D eigenvalue weighted by Crippen LogP contribution is -2.30. The van der Waals surface area contributed by atoms with Crippen molar-refractivity contribution in [3.05, 3.63) is 16.8 Å². The number of aryl methyl sites for hydroxylation is 1. The Morgan fingerprint density at radius 1 is 1.79 bits per heavy atom. The molecule has 0 amide bonds. The van der Waals surface area contributed by atoms with Crippen LogP contribution in [0.25, 0.3) is 0 Å². The summed E-state index contributed by atoms with van der Waals surface area (Å²) in [5.74, 6) is -1.12. The number of halogens is 1. The number of nitrogens with zero attached hydrogens (tertiary/aromatic N) is 3. The topological polar surface area (TPSA) is 66.1 Å². The molecule has 0 bridgehead atoms. The van der Waals surface area contributed by atoms with Gasteiger partial charge in [-0.15, -0.1) is 0 Å². The molecular formula is C7H10FN3O3. The van der Waals surface area contributed by atoms with E-state index in [1.54, 1.807) is 6.92 Å². The highest BCUT2D eigenvalue weighted by molar-refractivity contribution is 5.72. The predicted octanol–water partition coefficient (Wildman–Crippen LogP) is -0.387. The van der Waals surface area contributed by atoms with Crippen LogP contribution in [-0.4, -0.2) is 26.9 Å². The van der Waals surface area contributed by atoms with Gasteiger partial charge in [-0.1, -0.05) is 0 Å². The average molecular weight is 203 g/mol. The van der Waals surface area contributed by atoms with Gasteiger partial charge in [0.2, 0.25) is 0 Å². The first-order valence-corrected chi connectivity index (χ1v) is 3.98. The second kappa shape index (κ2) is 4.03. The maximum atomic E-state index is 13.2. The van der Waals surface area contributed by atoms with E-state index in [0.717, 1.165) is 10.9 Å². The fourth-order valence-electron chi connectivity index (χ4n) is 0.860. The summed E-state index contributed by atoms with van der Waals surface area (Å²) in [5.41, 5.74) is -0.703. The number of hydrogen-bond acceptors (Lipinski definition) is 4. The quantitative estimate of drug-likeness (QED) is 0.628. The summed E-state index contributed by atoms with van der Waals surface area (Å²) in [5, 5.41) is 3.41. The first-order chi connectivity index (χ1) is 6.57. The first kappa shape index (κ1) is 10.4. The van der Waals surface area contributed by atoms with Crippen LogP contribution in [0.4, 0.5) is 4.39 Å². The van der Waals surface area contributed by atoms with Crippen LogP contribution in [0.1, 0.15) is 13.2 Å². The summed E-state index contributed by atoms with van der Waals surface area (Å²) >= 11 is 0. The van der Waals surface area contributed by atoms with E-state index in [1.165, 1.54) is 7.05 Å². The highest BCUT2D eigenvalue weighted by Crippen LogP contribution is 2.05. The standard InChI is InChI=1S/C7H10FN3O3/c1-3-14-6(12)5(8)11-7(13)10(2)4-9-11/h4-5H,3H2,1-2H3. The molecule has 0 saturated heterocycles. The van der Waals surface area contributed by atoms with Gasteiger partial charge in [0.1, 0.15) is 6.33 Å². The molecule has 6 nitrogen and oxygen atoms in total. The lowest BCUT2D eigenvalue weighted by molar-refractivity contribution is -0.153. The molecule has 1 atom stereocenters. The molecule has 14 heavy (non-hydrogen) atoms. The molecule has 0 aliphatic carbocycles. The first-order valence-electron chi connectivity index (χ1n) is 3.98. The Labute approximate surface area is 78.9 Å². The van der Waals surface area contributed by atoms with Gasteiger partial charge in [0.05, 0.1) is 6.61 Å². The SMILES string of the molecule is CCOC(=O)C(F)n1ncn(C)c1=O. The van der Waals surface area contributed by atoms with Crippen LogP contribution < -0.4 is 5.69 Å². The molecule has 0 N–H and O–H groups in total. The van der Waals surface area contributed by atoms with Crippen LogP contribution in [0, 0.1) is 0 Å². The van der Waals surface area contributed by atoms with Gasteiger partial charge in [-0.3, -0.25) is 4.57 Å². The zero-order chi connectivity index (χ0) is 10.7. The van der Waals surface area contributed by atoms with Gasteiger partial charge < -0.3 is 4.74 Å². The van der Waals surface area contributed by atoms with Crippen molar-refractivity contribution in [2.24, 2.45) is 7.05 Å². The molecule has 0 fully saturated rings. The Morgan fingerprint density at radius 2 is 2.43 bits per heavy atom. The Morgan fingerprint density at radius 3 is 2.86 bits per heavy atom. The molecule has 1 rings (SSSR count). The van der Waals surface area contributed by atoms with Crippen LogP contribution in [-0.2, 0) is 16.6 Å². The van der Waals surface area contributed by atoms with Gasteiger partial charge in [0.15, 0.2) is 0 Å². The molecule has 1 aromatic heterocycles. The van der Waals surface area contributed by atoms with Gasteiger partial charge in [0, 0.05) is 7.05 Å². The Hall–Kier alpha value is -1.66. The summed E-state index contributed by atoms with van der Waals surface area (Å²) in [6.45, 7) is 1.60. The lowest BCUT2D eigenvalue weighted by Gasteiger charge is -2.05. The smallest absolute Gasteiger partial charge is 0.364 e. The van der Waals surface area contributed by atoms with Gasteiger partial charge >= 0.3 is 11.7 Å². The van der Waals surface area contributed by atoms with E-state index >= 15 is 0 Å². The third-order valence-corrected chi connectivity index (χ3v) is 1.54. The zero-order valence-corrected chi connectivity index (χ0v) is 7.81. The van der Waals surface area contributed by atoms with Crippen LogP contribution in [0.5, 0.6) is 0 Å². The van der Waals surface area contributed by atoms with Gasteiger partial charge in [-0.05, 0) is 6.92 Å². The van der Waals surface area contributed by atoms with E-state index in [1.807, 2.05) is 0 Å². The normalized spacial score (nSPS) is 12.5. The van der Waals surface area contributed by atoms with Crippen LogP contribution in [0.2, 0.25) is 0 Å². The molecule has 0 spiro atoms. The van der Waals surface area contributed by atoms with E-state index in [4.69, 9.17) is 0 Å². The fraction of sp³-hybridized carbons (Fsp3) is 0.571. The van der Waals surface area contributed by atoms with Gasteiger partial charge in [-0.2, -0.15) is 9.78 Å². The van der Waals surface area contributed by atoms with E-state index in [-0.39, 0.29) is 6.61 Å². The van der Waals surface area contributed by atoms with Crippen molar-refractivity contribution < 1.29 is 13.9 Å². The summed E-state index contributed by atoms with van der Waals surface area (Å²) < 4.78 is 19.1. The third kappa shape index (κ3) is 1.81. The van der Waals surface area contributed by atoms with E-state index in [2.05, 4.69) is 9.84 Å². The Kier molecular flexibility index (Phi) is 3.00. The van der Waals surface area contributed by atoms with Crippen LogP contribution >= 0.6 is 0 Å². The zero-order valence-electron chi connectivity index (χ0n) is 7.81. The monoisotopic (exact) mass is 203 g/mol. The van der Waals surface area contributed by atoms with Crippen molar-refractivity contribution in [2.75, 3.05) is 6.61 Å². The van der Waals surface area contributed by atoms with E-state index in [9.17, 15) is 14.0 Å². The number of rotatable bonds is 3. The van der Waals surface area contributed by atoms with Gasteiger partial charge in [-0.25, -0.2) is 14.0 Å². The van der Waals surface area contributed by atoms with Crippen LogP contribution in [0.3, 0.4) is 0 Å². The number of esters is 1. The number of hydrogen-bond donors (Lipinski definition) is 0. The molecule has 0 aliphatic rings. The highest BCUT2D eigenvalue weighted by Gasteiger charge is 2.23. The van der Waals surface area contributed by atoms with Crippen molar-refractivity contribution in [2.45, 2.75) is 13.2 Å². The Bertz CT molecular complexity index is 384. The summed E-state index contributed by atoms with van der Waals surface area (Å²) in [6, 6.07) is 0. The van der Waals surface area contributed by atoms with Crippen molar-refractivity contribution in [3.8, 4) is 0 Å². The van der Waals surface area contributed by atoms with E-state index in [0.29, 0.717) is 4.68 Å². The molecule has 1 heterocycles. The Balaban J connectivity index is 2.89. The summed E-state index contributed by atoms with van der Waals surface area (Å²) in [6.07, 6.45) is -1.06. The number of carbonyl (C=O) groups is 1. The van der Waals surface area contributed by atoms with Crippen molar-refractivity contribution >= 4 is 5.97 Å². The second-order valence-corrected chi connectivity index (χ2v) is 2.56. The number of alkyl halides is 1. The molecule has 1 aromatic rings. The van der Waals surface area contributed by atoms with Crippen molar-refractivity contribution in [3.63, 3.8) is 0 Å². The predicted molar refractivity (Wildman–Crippen MR) is 44.2 cm³/mol. The molecule has 1 unspecified atom stereocenters. The third-order valence-electron chi connectivity index (χ3n) is 1.54. The van der Waals surface area contributed by atoms with Gasteiger partial charge in [0.25, 0.3) is 6.30 Å². The number of aromatic nitrogens is 3. The minimum Gasteiger partial charge on any atom is -0.462 e. The molecule has 0 radical (unpaired) electrons. The molecule has 0 aromatic carbocycles. The largest absolute Gasteiger partial charge is 0.462 e.